The Bertz CT molecular complexity index is 916. The topological polar surface area (TPSA) is 58.6 Å². The van der Waals surface area contributed by atoms with Crippen LogP contribution >= 0.6 is 31.9 Å². The molecule has 0 aliphatic carbocycles. The molecule has 2 amide bonds. The van der Waals surface area contributed by atoms with Crippen LogP contribution in [0.5, 0.6) is 5.75 Å². The number of ether oxygens (including phenoxy) is 1. The van der Waals surface area contributed by atoms with Gasteiger partial charge in [0.05, 0.1) is 4.47 Å². The maximum Gasteiger partial charge on any atom is 0.261 e. The Morgan fingerprint density at radius 3 is 2.25 bits per heavy atom. The summed E-state index contributed by atoms with van der Waals surface area (Å²) < 4.78 is 7.59. The zero-order chi connectivity index (χ0) is 23.8. The molecule has 1 N–H and O–H groups in total. The van der Waals surface area contributed by atoms with Gasteiger partial charge in [0.15, 0.2) is 6.61 Å². The maximum absolute atomic E-state index is 13.2. The normalized spacial score (nSPS) is 12.9. The Hall–Kier alpha value is -1.86. The van der Waals surface area contributed by atoms with Crippen molar-refractivity contribution in [3.8, 4) is 5.75 Å². The molecule has 2 atom stereocenters. The lowest BCUT2D eigenvalue weighted by atomic mass is 10.0. The molecule has 2 aromatic carbocycles. The number of hydrogen-bond acceptors (Lipinski definition) is 3. The number of amides is 2. The van der Waals surface area contributed by atoms with Gasteiger partial charge < -0.3 is 15.0 Å². The summed E-state index contributed by atoms with van der Waals surface area (Å²) in [5.41, 5.74) is 2.12. The van der Waals surface area contributed by atoms with Crippen molar-refractivity contribution < 1.29 is 14.3 Å². The van der Waals surface area contributed by atoms with Crippen LogP contribution in [0.3, 0.4) is 0 Å². The number of hydrogen-bond donors (Lipinski definition) is 1. The third-order valence-corrected chi connectivity index (χ3v) is 6.56. The first-order valence-electron chi connectivity index (χ1n) is 10.9. The van der Waals surface area contributed by atoms with E-state index in [1.807, 2.05) is 56.3 Å². The zero-order valence-corrected chi connectivity index (χ0v) is 22.5. The fourth-order valence-corrected chi connectivity index (χ4v) is 3.83. The van der Waals surface area contributed by atoms with E-state index in [0.717, 1.165) is 20.9 Å². The van der Waals surface area contributed by atoms with Gasteiger partial charge in [0, 0.05) is 17.1 Å². The van der Waals surface area contributed by atoms with E-state index in [1.54, 1.807) is 11.8 Å². The molecular weight excluding hydrogens is 536 g/mol. The average molecular weight is 568 g/mol. The van der Waals surface area contributed by atoms with Gasteiger partial charge >= 0.3 is 0 Å². The Labute approximate surface area is 208 Å². The average Bonchev–Trinajstić information content (AvgIpc) is 2.76. The van der Waals surface area contributed by atoms with Gasteiger partial charge in [0.1, 0.15) is 11.8 Å². The highest BCUT2D eigenvalue weighted by Crippen LogP contribution is 2.29. The fraction of sp³-hybridized carbons (Fsp3) is 0.440. The Balaban J connectivity index is 2.17. The highest BCUT2D eigenvalue weighted by atomic mass is 79.9. The monoisotopic (exact) mass is 566 g/mol. The van der Waals surface area contributed by atoms with E-state index in [2.05, 4.69) is 51.0 Å². The molecule has 5 nitrogen and oxygen atoms in total. The lowest BCUT2D eigenvalue weighted by molar-refractivity contribution is -0.142. The van der Waals surface area contributed by atoms with Crippen molar-refractivity contribution in [3.05, 3.63) is 62.5 Å². The van der Waals surface area contributed by atoms with E-state index in [9.17, 15) is 9.59 Å². The quantitative estimate of drug-likeness (QED) is 0.380. The third-order valence-electron chi connectivity index (χ3n) is 5.41. The van der Waals surface area contributed by atoms with Gasteiger partial charge in [-0.2, -0.15) is 0 Å². The number of carbonyl (C=O) groups excluding carboxylic acids is 2. The summed E-state index contributed by atoms with van der Waals surface area (Å²) in [6.45, 7) is 10.1. The number of halogens is 2. The van der Waals surface area contributed by atoms with Crippen molar-refractivity contribution in [3.63, 3.8) is 0 Å². The van der Waals surface area contributed by atoms with Gasteiger partial charge in [-0.3, -0.25) is 9.59 Å². The molecule has 0 bridgehead atoms. The molecule has 0 saturated heterocycles. The van der Waals surface area contributed by atoms with Gasteiger partial charge in [-0.25, -0.2) is 0 Å². The van der Waals surface area contributed by atoms with Gasteiger partial charge in [-0.1, -0.05) is 54.9 Å². The van der Waals surface area contributed by atoms with Crippen molar-refractivity contribution >= 4 is 43.7 Å². The highest BCUT2D eigenvalue weighted by Gasteiger charge is 2.27. The molecular formula is C25H32Br2N2O3. The molecule has 2 rings (SSSR count). The number of nitrogens with zero attached hydrogens (tertiary/aromatic N) is 1. The summed E-state index contributed by atoms with van der Waals surface area (Å²) in [6, 6.07) is 13.0. The highest BCUT2D eigenvalue weighted by molar-refractivity contribution is 9.10. The molecule has 0 aliphatic rings. The van der Waals surface area contributed by atoms with Crippen LogP contribution < -0.4 is 10.1 Å². The molecule has 0 spiro atoms. The largest absolute Gasteiger partial charge is 0.483 e. The van der Waals surface area contributed by atoms with Crippen molar-refractivity contribution in [2.45, 2.75) is 65.6 Å². The minimum Gasteiger partial charge on any atom is -0.483 e. The summed E-state index contributed by atoms with van der Waals surface area (Å²) in [7, 11) is 0. The molecule has 0 saturated carbocycles. The molecule has 0 heterocycles. The fourth-order valence-electron chi connectivity index (χ4n) is 3.05. The van der Waals surface area contributed by atoms with E-state index < -0.39 is 6.04 Å². The van der Waals surface area contributed by atoms with Crippen LogP contribution in [0.15, 0.2) is 51.4 Å². The van der Waals surface area contributed by atoms with Crippen LogP contribution in [0.25, 0.3) is 0 Å². The van der Waals surface area contributed by atoms with E-state index in [1.165, 1.54) is 5.56 Å². The molecule has 0 aliphatic heterocycles. The van der Waals surface area contributed by atoms with Gasteiger partial charge in [-0.15, -0.1) is 0 Å². The lowest BCUT2D eigenvalue weighted by Gasteiger charge is -2.29. The number of nitrogens with one attached hydrogen (secondary N) is 1. The number of benzene rings is 2. The van der Waals surface area contributed by atoms with E-state index in [0.29, 0.717) is 18.2 Å². The van der Waals surface area contributed by atoms with Gasteiger partial charge in [-0.05, 0) is 77.5 Å². The van der Waals surface area contributed by atoms with Crippen LogP contribution in [0.2, 0.25) is 0 Å². The van der Waals surface area contributed by atoms with Crippen LogP contribution in [0, 0.1) is 0 Å². The van der Waals surface area contributed by atoms with Crippen LogP contribution in [0.4, 0.5) is 0 Å². The second-order valence-corrected chi connectivity index (χ2v) is 10.0. The van der Waals surface area contributed by atoms with E-state index in [4.69, 9.17) is 4.74 Å². The second-order valence-electron chi connectivity index (χ2n) is 8.28. The van der Waals surface area contributed by atoms with Crippen molar-refractivity contribution in [1.29, 1.82) is 0 Å². The zero-order valence-electron chi connectivity index (χ0n) is 19.3. The minimum atomic E-state index is -0.629. The summed E-state index contributed by atoms with van der Waals surface area (Å²) in [5, 5.41) is 2.97. The SMILES string of the molecule is CC[C@H](C)NC(=O)[C@H](C)N(Cc1ccc(Br)cc1)C(=O)COc1ccc(C(C)C)cc1Br. The Morgan fingerprint density at radius 2 is 1.69 bits per heavy atom. The first kappa shape index (κ1) is 26.4. The molecule has 2 aromatic rings. The predicted octanol–water partition coefficient (Wildman–Crippen LogP) is 6.05. The molecule has 0 unspecified atom stereocenters. The Kier molecular flexibility index (Phi) is 10.2. The van der Waals surface area contributed by atoms with Gasteiger partial charge in [0.2, 0.25) is 5.91 Å². The molecule has 174 valence electrons. The maximum atomic E-state index is 13.2. The molecule has 0 fully saturated rings. The predicted molar refractivity (Wildman–Crippen MR) is 136 cm³/mol. The lowest BCUT2D eigenvalue weighted by Crippen LogP contribution is -2.50. The number of carbonyl (C=O) groups is 2. The van der Waals surface area contributed by atoms with E-state index >= 15 is 0 Å². The van der Waals surface area contributed by atoms with Crippen LogP contribution in [-0.4, -0.2) is 35.4 Å². The third kappa shape index (κ3) is 7.62. The minimum absolute atomic E-state index is 0.0428. The second kappa shape index (κ2) is 12.4. The molecule has 0 aromatic heterocycles. The Morgan fingerprint density at radius 1 is 1.03 bits per heavy atom. The summed E-state index contributed by atoms with van der Waals surface area (Å²) >= 11 is 6.96. The van der Waals surface area contributed by atoms with Gasteiger partial charge in [0.25, 0.3) is 5.91 Å². The smallest absolute Gasteiger partial charge is 0.261 e. The first-order valence-corrected chi connectivity index (χ1v) is 12.5. The standard InChI is InChI=1S/C25H32Br2N2O3/c1-6-17(4)28-25(31)18(5)29(14-19-7-10-21(26)11-8-19)24(30)15-32-23-12-9-20(16(2)3)13-22(23)27/h7-13,16-18H,6,14-15H2,1-5H3,(H,28,31)/t17-,18-/m0/s1. The van der Waals surface area contributed by atoms with Crippen LogP contribution in [-0.2, 0) is 16.1 Å². The van der Waals surface area contributed by atoms with Crippen molar-refractivity contribution in [2.75, 3.05) is 6.61 Å². The molecule has 32 heavy (non-hydrogen) atoms. The van der Waals surface area contributed by atoms with Crippen molar-refractivity contribution in [2.24, 2.45) is 0 Å². The van der Waals surface area contributed by atoms with Crippen LogP contribution in [0.1, 0.15) is 58.1 Å². The summed E-state index contributed by atoms with van der Waals surface area (Å²) in [4.78, 5) is 27.5. The number of rotatable bonds is 10. The van der Waals surface area contributed by atoms with E-state index in [-0.39, 0.29) is 24.5 Å². The molecule has 7 heteroatoms. The summed E-state index contributed by atoms with van der Waals surface area (Å²) in [5.74, 6) is 0.572. The first-order chi connectivity index (χ1) is 15.1. The summed E-state index contributed by atoms with van der Waals surface area (Å²) in [6.07, 6.45) is 0.822. The van der Waals surface area contributed by atoms with Crippen molar-refractivity contribution in [1.82, 2.24) is 10.2 Å². The molecule has 0 radical (unpaired) electrons.